The fourth-order valence-corrected chi connectivity index (χ4v) is 3.55. The Bertz CT molecular complexity index is 1220. The number of hydrogen-bond acceptors (Lipinski definition) is 8. The fourth-order valence-electron chi connectivity index (χ4n) is 3.55. The molecule has 8 nitrogen and oxygen atoms in total. The summed E-state index contributed by atoms with van der Waals surface area (Å²) in [5, 5.41) is 0. The Morgan fingerprint density at radius 3 is 1.76 bits per heavy atom. The Kier molecular flexibility index (Phi) is 8.21. The number of benzene rings is 2. The van der Waals surface area contributed by atoms with Gasteiger partial charge in [-0.15, -0.1) is 0 Å². The van der Waals surface area contributed by atoms with Crippen LogP contribution >= 0.6 is 0 Å². The molecule has 0 heterocycles. The molecule has 0 N–H and O–H groups in total. The van der Waals surface area contributed by atoms with Crippen LogP contribution in [0.1, 0.15) is 63.0 Å². The molecule has 1 aliphatic carbocycles. The van der Waals surface area contributed by atoms with E-state index in [2.05, 4.69) is 0 Å². The molecule has 0 saturated carbocycles. The first-order chi connectivity index (χ1) is 17.2. The van der Waals surface area contributed by atoms with Crippen LogP contribution in [0.2, 0.25) is 0 Å². The highest BCUT2D eigenvalue weighted by atomic mass is 16.6. The summed E-state index contributed by atoms with van der Waals surface area (Å²) in [6, 6.07) is 11.7. The van der Waals surface area contributed by atoms with Crippen molar-refractivity contribution in [2.24, 2.45) is 0 Å². The number of ether oxygens (including phenoxy) is 4. The molecule has 0 spiro atoms. The Morgan fingerprint density at radius 2 is 1.22 bits per heavy atom. The van der Waals surface area contributed by atoms with Crippen LogP contribution in [0, 0.1) is 0 Å². The molecule has 8 heteroatoms. The summed E-state index contributed by atoms with van der Waals surface area (Å²) in [6.45, 7) is 10.1. The van der Waals surface area contributed by atoms with Crippen LogP contribution < -0.4 is 9.47 Å². The number of carbonyl (C=O) groups excluding carboxylic acids is 4. The lowest BCUT2D eigenvalue weighted by atomic mass is 9.87. The standard InChI is InChI=1S/C29H32O8/c1-28(2,3)36-24(30)16-34-21-10-7-18(8-11-21)13-20-14-19-9-12-22(15-23(19)27(33)26(20)32)35-17-25(31)37-29(4,5)6/h7-12,14-15H,13,16-17H2,1-6H3. The molecule has 0 bridgehead atoms. The molecule has 2 aromatic carbocycles. The lowest BCUT2D eigenvalue weighted by molar-refractivity contribution is -0.158. The second kappa shape index (κ2) is 11.0. The average molecular weight is 509 g/mol. The summed E-state index contributed by atoms with van der Waals surface area (Å²) < 4.78 is 21.3. The van der Waals surface area contributed by atoms with E-state index in [0.29, 0.717) is 22.6 Å². The number of Topliss-reactive ketones (excluding diaryl/α,β-unsaturated/α-hetero) is 2. The zero-order valence-electron chi connectivity index (χ0n) is 22.0. The molecule has 196 valence electrons. The molecule has 3 rings (SSSR count). The quantitative estimate of drug-likeness (QED) is 0.379. The molecule has 0 aliphatic heterocycles. The highest BCUT2D eigenvalue weighted by Crippen LogP contribution is 2.28. The summed E-state index contributed by atoms with van der Waals surface area (Å²) in [7, 11) is 0. The molecular formula is C29H32O8. The molecule has 0 unspecified atom stereocenters. The van der Waals surface area contributed by atoms with Gasteiger partial charge in [0, 0.05) is 17.6 Å². The second-order valence-corrected chi connectivity index (χ2v) is 10.6. The third-order valence-corrected chi connectivity index (χ3v) is 4.97. The van der Waals surface area contributed by atoms with Crippen molar-refractivity contribution < 1.29 is 38.1 Å². The van der Waals surface area contributed by atoms with Crippen LogP contribution in [0.25, 0.3) is 6.08 Å². The van der Waals surface area contributed by atoms with Crippen molar-refractivity contribution in [2.75, 3.05) is 13.2 Å². The van der Waals surface area contributed by atoms with Gasteiger partial charge in [0.05, 0.1) is 0 Å². The van der Waals surface area contributed by atoms with Gasteiger partial charge in [0.15, 0.2) is 13.2 Å². The Morgan fingerprint density at radius 1 is 0.703 bits per heavy atom. The zero-order valence-corrected chi connectivity index (χ0v) is 22.0. The van der Waals surface area contributed by atoms with E-state index in [9.17, 15) is 19.2 Å². The van der Waals surface area contributed by atoms with Crippen molar-refractivity contribution in [3.05, 3.63) is 64.7 Å². The molecular weight excluding hydrogens is 476 g/mol. The molecule has 2 aromatic rings. The zero-order chi connectivity index (χ0) is 27.4. The smallest absolute Gasteiger partial charge is 0.344 e. The first kappa shape index (κ1) is 27.6. The van der Waals surface area contributed by atoms with Gasteiger partial charge in [0.1, 0.15) is 22.7 Å². The van der Waals surface area contributed by atoms with Gasteiger partial charge in [-0.3, -0.25) is 9.59 Å². The first-order valence-corrected chi connectivity index (χ1v) is 11.9. The Balaban J connectivity index is 1.64. The molecule has 0 atom stereocenters. The van der Waals surface area contributed by atoms with Crippen molar-refractivity contribution in [3.8, 4) is 11.5 Å². The van der Waals surface area contributed by atoms with Crippen LogP contribution in [-0.2, 0) is 30.3 Å². The summed E-state index contributed by atoms with van der Waals surface area (Å²) in [5.74, 6) is -1.45. The van der Waals surface area contributed by atoms with E-state index in [0.717, 1.165) is 5.56 Å². The van der Waals surface area contributed by atoms with E-state index in [-0.39, 0.29) is 25.2 Å². The van der Waals surface area contributed by atoms with Gasteiger partial charge in [0.25, 0.3) is 0 Å². The van der Waals surface area contributed by atoms with Crippen LogP contribution in [0.3, 0.4) is 0 Å². The van der Waals surface area contributed by atoms with Gasteiger partial charge in [-0.05, 0) is 83.0 Å². The molecule has 0 saturated heterocycles. The lowest BCUT2D eigenvalue weighted by Gasteiger charge is -2.20. The monoisotopic (exact) mass is 508 g/mol. The molecule has 0 radical (unpaired) electrons. The van der Waals surface area contributed by atoms with Crippen molar-refractivity contribution in [1.29, 1.82) is 0 Å². The van der Waals surface area contributed by atoms with Gasteiger partial charge < -0.3 is 18.9 Å². The van der Waals surface area contributed by atoms with E-state index in [4.69, 9.17) is 18.9 Å². The van der Waals surface area contributed by atoms with Crippen LogP contribution in [0.5, 0.6) is 11.5 Å². The molecule has 0 aromatic heterocycles. The number of esters is 2. The minimum absolute atomic E-state index is 0.213. The third-order valence-electron chi connectivity index (χ3n) is 4.97. The lowest BCUT2D eigenvalue weighted by Crippen LogP contribution is -2.27. The number of allylic oxidation sites excluding steroid dienone is 1. The van der Waals surface area contributed by atoms with E-state index >= 15 is 0 Å². The topological polar surface area (TPSA) is 105 Å². The average Bonchev–Trinajstić information content (AvgIpc) is 2.78. The summed E-state index contributed by atoms with van der Waals surface area (Å²) in [5.41, 5.74) is 0.769. The molecule has 0 fully saturated rings. The Hall–Kier alpha value is -3.94. The number of rotatable bonds is 8. The molecule has 0 amide bonds. The third kappa shape index (κ3) is 8.31. The largest absolute Gasteiger partial charge is 0.482 e. The van der Waals surface area contributed by atoms with Crippen molar-refractivity contribution in [2.45, 2.75) is 59.2 Å². The number of hydrogen-bond donors (Lipinski definition) is 0. The fraction of sp³-hybridized carbons (Fsp3) is 0.379. The normalized spacial score (nSPS) is 13.4. The van der Waals surface area contributed by atoms with Gasteiger partial charge in [-0.25, -0.2) is 9.59 Å². The van der Waals surface area contributed by atoms with Gasteiger partial charge in [0.2, 0.25) is 11.6 Å². The first-order valence-electron chi connectivity index (χ1n) is 11.9. The van der Waals surface area contributed by atoms with E-state index < -0.39 is 34.7 Å². The Labute approximate surface area is 216 Å². The van der Waals surface area contributed by atoms with Crippen molar-refractivity contribution in [3.63, 3.8) is 0 Å². The SMILES string of the molecule is CC(C)(C)OC(=O)COc1ccc(CC2=Cc3ccc(OCC(=O)OC(C)(C)C)cc3C(=O)C2=O)cc1. The van der Waals surface area contributed by atoms with E-state index in [1.165, 1.54) is 6.07 Å². The molecule has 37 heavy (non-hydrogen) atoms. The van der Waals surface area contributed by atoms with E-state index in [1.54, 1.807) is 84.0 Å². The minimum Gasteiger partial charge on any atom is -0.482 e. The predicted octanol–water partition coefficient (Wildman–Crippen LogP) is 4.52. The van der Waals surface area contributed by atoms with Crippen LogP contribution in [0.15, 0.2) is 48.0 Å². The molecule has 1 aliphatic rings. The van der Waals surface area contributed by atoms with Crippen molar-refractivity contribution in [1.82, 2.24) is 0 Å². The maximum atomic E-state index is 12.8. The highest BCUT2D eigenvalue weighted by Gasteiger charge is 2.28. The van der Waals surface area contributed by atoms with Gasteiger partial charge >= 0.3 is 11.9 Å². The summed E-state index contributed by atoms with van der Waals surface area (Å²) in [6.07, 6.45) is 1.94. The summed E-state index contributed by atoms with van der Waals surface area (Å²) in [4.78, 5) is 49.3. The number of carbonyl (C=O) groups is 4. The second-order valence-electron chi connectivity index (χ2n) is 10.6. The van der Waals surface area contributed by atoms with Gasteiger partial charge in [-0.1, -0.05) is 18.2 Å². The van der Waals surface area contributed by atoms with Gasteiger partial charge in [-0.2, -0.15) is 0 Å². The summed E-state index contributed by atoms with van der Waals surface area (Å²) >= 11 is 0. The van der Waals surface area contributed by atoms with Crippen LogP contribution in [-0.4, -0.2) is 47.9 Å². The highest BCUT2D eigenvalue weighted by molar-refractivity contribution is 6.51. The maximum absolute atomic E-state index is 12.8. The maximum Gasteiger partial charge on any atom is 0.344 e. The van der Waals surface area contributed by atoms with E-state index in [1.807, 2.05) is 0 Å². The number of fused-ring (bicyclic) bond motifs is 1. The number of ketones is 2. The van der Waals surface area contributed by atoms with Crippen molar-refractivity contribution >= 4 is 29.6 Å². The predicted molar refractivity (Wildman–Crippen MR) is 137 cm³/mol. The minimum atomic E-state index is -0.632. The van der Waals surface area contributed by atoms with Crippen LogP contribution in [0.4, 0.5) is 0 Å².